The van der Waals surface area contributed by atoms with Crippen LogP contribution in [0.2, 0.25) is 10.0 Å². The maximum absolute atomic E-state index is 13.4. The molecule has 8 heteroatoms. The summed E-state index contributed by atoms with van der Waals surface area (Å²) in [7, 11) is 0. The fraction of sp³-hybridized carbons (Fsp3) is 0.160. The number of fused-ring (bicyclic) bond motifs is 3. The summed E-state index contributed by atoms with van der Waals surface area (Å²) in [6, 6.07) is 9.85. The van der Waals surface area contributed by atoms with Gasteiger partial charge in [-0.25, -0.2) is 4.99 Å². The van der Waals surface area contributed by atoms with Gasteiger partial charge in [0, 0.05) is 0 Å². The molecule has 0 radical (unpaired) electrons. The van der Waals surface area contributed by atoms with Gasteiger partial charge in [0.25, 0.3) is 5.90 Å². The van der Waals surface area contributed by atoms with Gasteiger partial charge in [-0.3, -0.25) is 9.59 Å². The molecule has 0 saturated carbocycles. The first-order chi connectivity index (χ1) is 15.6. The quantitative estimate of drug-likeness (QED) is 0.319. The Balaban J connectivity index is 1.80. The molecule has 1 aliphatic heterocycles. The predicted molar refractivity (Wildman–Crippen MR) is 130 cm³/mol. The van der Waals surface area contributed by atoms with Gasteiger partial charge in [0.15, 0.2) is 16.6 Å². The first-order valence-electron chi connectivity index (χ1n) is 10.1. The molecule has 0 bridgehead atoms. The van der Waals surface area contributed by atoms with E-state index in [2.05, 4.69) is 4.99 Å². The molecule has 0 fully saturated rings. The zero-order chi connectivity index (χ0) is 23.5. The molecule has 3 heterocycles. The summed E-state index contributed by atoms with van der Waals surface area (Å²) < 4.78 is 17.6. The van der Waals surface area contributed by atoms with Gasteiger partial charge in [0.05, 0.1) is 31.9 Å². The molecular weight excluding hydrogens is 465 g/mol. The van der Waals surface area contributed by atoms with Crippen molar-refractivity contribution in [1.82, 2.24) is 0 Å². The van der Waals surface area contributed by atoms with Crippen LogP contribution in [0.1, 0.15) is 37.7 Å². The number of aliphatic imine (C=N–C) groups is 1. The summed E-state index contributed by atoms with van der Waals surface area (Å²) >= 11 is 12.4. The van der Waals surface area contributed by atoms with Gasteiger partial charge in [0.2, 0.25) is 11.2 Å². The number of nitrogens with zero attached hydrogens (tertiary/aromatic N) is 1. The van der Waals surface area contributed by atoms with E-state index in [4.69, 9.17) is 36.8 Å². The van der Waals surface area contributed by atoms with Crippen LogP contribution in [0, 0.1) is 0 Å². The fourth-order valence-electron chi connectivity index (χ4n) is 3.62. The van der Waals surface area contributed by atoms with E-state index in [1.54, 1.807) is 36.4 Å². The topological polar surface area (TPSA) is 82.0 Å². The van der Waals surface area contributed by atoms with Crippen molar-refractivity contribution >= 4 is 62.9 Å². The molecule has 0 aliphatic carbocycles. The summed E-state index contributed by atoms with van der Waals surface area (Å²) in [6.07, 6.45) is 2.73. The van der Waals surface area contributed by atoms with E-state index in [1.807, 2.05) is 20.8 Å². The smallest absolute Gasteiger partial charge is 0.260 e. The SMILES string of the molecule is CC(C)(C)N=C1O/C(=C\c2coc3c(Cl)cccc3c2=O)c2c1oc1c(Cl)cccc1c2=O. The lowest BCUT2D eigenvalue weighted by molar-refractivity contribution is 0.481. The molecule has 0 spiro atoms. The molecule has 2 aromatic carbocycles. The second-order valence-electron chi connectivity index (χ2n) is 8.59. The van der Waals surface area contributed by atoms with Gasteiger partial charge >= 0.3 is 0 Å². The van der Waals surface area contributed by atoms with E-state index < -0.39 is 5.54 Å². The Morgan fingerprint density at radius 1 is 0.909 bits per heavy atom. The minimum absolute atomic E-state index is 0.135. The minimum atomic E-state index is -0.519. The summed E-state index contributed by atoms with van der Waals surface area (Å²) in [5.74, 6) is 0.434. The molecule has 33 heavy (non-hydrogen) atoms. The van der Waals surface area contributed by atoms with Crippen molar-refractivity contribution in [1.29, 1.82) is 0 Å². The molecule has 0 saturated heterocycles. The molecule has 6 nitrogen and oxygen atoms in total. The lowest BCUT2D eigenvalue weighted by Gasteiger charge is -2.12. The molecule has 4 aromatic rings. The normalized spacial score (nSPS) is 16.0. The first kappa shape index (κ1) is 21.5. The highest BCUT2D eigenvalue weighted by Gasteiger charge is 2.34. The highest BCUT2D eigenvalue weighted by Crippen LogP contribution is 2.34. The van der Waals surface area contributed by atoms with Crippen LogP contribution in [0.15, 0.2) is 66.1 Å². The van der Waals surface area contributed by atoms with Crippen molar-refractivity contribution in [3.05, 3.63) is 90.0 Å². The van der Waals surface area contributed by atoms with Crippen molar-refractivity contribution in [2.75, 3.05) is 0 Å². The number of rotatable bonds is 1. The first-order valence-corrected chi connectivity index (χ1v) is 10.8. The Kier molecular flexibility index (Phi) is 4.96. The number of ether oxygens (including phenoxy) is 1. The Labute approximate surface area is 197 Å². The van der Waals surface area contributed by atoms with Gasteiger partial charge in [-0.15, -0.1) is 0 Å². The van der Waals surface area contributed by atoms with Gasteiger partial charge in [-0.05, 0) is 51.1 Å². The second kappa shape index (κ2) is 7.61. The highest BCUT2D eigenvalue weighted by molar-refractivity contribution is 6.35. The van der Waals surface area contributed by atoms with Gasteiger partial charge in [-0.1, -0.05) is 35.3 Å². The Hall–Kier alpha value is -3.35. The zero-order valence-electron chi connectivity index (χ0n) is 17.9. The van der Waals surface area contributed by atoms with Crippen LogP contribution in [-0.4, -0.2) is 11.4 Å². The summed E-state index contributed by atoms with van der Waals surface area (Å²) in [6.45, 7) is 5.66. The molecule has 0 N–H and O–H groups in total. The van der Waals surface area contributed by atoms with E-state index in [0.29, 0.717) is 20.8 Å². The van der Waals surface area contributed by atoms with Crippen LogP contribution in [-0.2, 0) is 4.74 Å². The van der Waals surface area contributed by atoms with E-state index in [1.165, 1.54) is 12.3 Å². The molecule has 0 atom stereocenters. The fourth-order valence-corrected chi connectivity index (χ4v) is 4.05. The van der Waals surface area contributed by atoms with Crippen LogP contribution in [0.4, 0.5) is 0 Å². The van der Waals surface area contributed by atoms with Crippen molar-refractivity contribution < 1.29 is 13.6 Å². The highest BCUT2D eigenvalue weighted by atomic mass is 35.5. The molecule has 5 rings (SSSR count). The molecule has 0 unspecified atom stereocenters. The number of hydrogen-bond donors (Lipinski definition) is 0. The van der Waals surface area contributed by atoms with Crippen LogP contribution in [0.5, 0.6) is 0 Å². The van der Waals surface area contributed by atoms with Gasteiger partial charge < -0.3 is 13.6 Å². The summed E-state index contributed by atoms with van der Waals surface area (Å²) in [4.78, 5) is 31.0. The molecule has 0 amide bonds. The van der Waals surface area contributed by atoms with Crippen LogP contribution < -0.4 is 10.9 Å². The Morgan fingerprint density at radius 3 is 2.21 bits per heavy atom. The van der Waals surface area contributed by atoms with Gasteiger partial charge in [0.1, 0.15) is 17.6 Å². The number of benzene rings is 2. The zero-order valence-corrected chi connectivity index (χ0v) is 19.4. The maximum atomic E-state index is 13.4. The Bertz CT molecular complexity index is 1640. The molecule has 166 valence electrons. The largest absolute Gasteiger partial charge is 0.462 e. The predicted octanol–water partition coefficient (Wildman–Crippen LogP) is 6.28. The van der Waals surface area contributed by atoms with E-state index >= 15 is 0 Å². The average molecular weight is 482 g/mol. The van der Waals surface area contributed by atoms with Crippen LogP contribution in [0.3, 0.4) is 0 Å². The number of para-hydroxylation sites is 2. The van der Waals surface area contributed by atoms with E-state index in [0.717, 1.165) is 0 Å². The lowest BCUT2D eigenvalue weighted by Crippen LogP contribution is -2.15. The molecular formula is C25H17Cl2NO5. The number of halogens is 2. The van der Waals surface area contributed by atoms with Crippen molar-refractivity contribution in [2.45, 2.75) is 26.3 Å². The van der Waals surface area contributed by atoms with Crippen molar-refractivity contribution in [3.63, 3.8) is 0 Å². The van der Waals surface area contributed by atoms with E-state index in [-0.39, 0.29) is 50.6 Å². The maximum Gasteiger partial charge on any atom is 0.260 e. The number of hydrogen-bond acceptors (Lipinski definition) is 6. The minimum Gasteiger partial charge on any atom is -0.462 e. The lowest BCUT2D eigenvalue weighted by atomic mass is 10.1. The van der Waals surface area contributed by atoms with Crippen molar-refractivity contribution in [2.24, 2.45) is 4.99 Å². The third-order valence-electron chi connectivity index (χ3n) is 5.02. The monoisotopic (exact) mass is 481 g/mol. The summed E-state index contributed by atoms with van der Waals surface area (Å²) in [5.41, 5.74) is -0.289. The average Bonchev–Trinajstić information content (AvgIpc) is 3.07. The van der Waals surface area contributed by atoms with Crippen LogP contribution in [0.25, 0.3) is 33.8 Å². The van der Waals surface area contributed by atoms with Crippen LogP contribution >= 0.6 is 23.2 Å². The van der Waals surface area contributed by atoms with Gasteiger partial charge in [-0.2, -0.15) is 0 Å². The molecule has 2 aromatic heterocycles. The van der Waals surface area contributed by atoms with Crippen molar-refractivity contribution in [3.8, 4) is 0 Å². The third kappa shape index (κ3) is 3.65. The Morgan fingerprint density at radius 2 is 1.55 bits per heavy atom. The van der Waals surface area contributed by atoms with E-state index in [9.17, 15) is 9.59 Å². The summed E-state index contributed by atoms with van der Waals surface area (Å²) in [5, 5.41) is 1.24. The molecule has 1 aliphatic rings. The second-order valence-corrected chi connectivity index (χ2v) is 9.40. The standard InChI is InChI=1S/C25H17Cl2NO5/c1-25(2,3)28-24-23-18(20(30)14-7-5-9-16(27)22(14)33-23)17(32-24)10-12-11-31-21-13(19(12)29)6-4-8-15(21)26/h4-11H,1-3H3/b17-10-,28-24?. The third-order valence-corrected chi connectivity index (χ3v) is 5.61.